The summed E-state index contributed by atoms with van der Waals surface area (Å²) in [5.74, 6) is -0.477. The molecule has 2 rings (SSSR count). The predicted octanol–water partition coefficient (Wildman–Crippen LogP) is 1.95. The topological polar surface area (TPSA) is 46.5 Å². The van der Waals surface area contributed by atoms with E-state index in [1.165, 1.54) is 0 Å². The Morgan fingerprint density at radius 2 is 2.06 bits per heavy atom. The summed E-state index contributed by atoms with van der Waals surface area (Å²) in [5, 5.41) is 9.23. The van der Waals surface area contributed by atoms with Gasteiger partial charge in [0.1, 0.15) is 6.17 Å². The van der Waals surface area contributed by atoms with Crippen LogP contribution in [0, 0.1) is 5.92 Å². The fourth-order valence-electron chi connectivity index (χ4n) is 2.05. The molecule has 0 saturated heterocycles. The van der Waals surface area contributed by atoms with Crippen molar-refractivity contribution in [1.82, 2.24) is 0 Å². The van der Waals surface area contributed by atoms with Crippen molar-refractivity contribution in [1.29, 1.82) is 0 Å². The van der Waals surface area contributed by atoms with Crippen LogP contribution >= 0.6 is 0 Å². The molecule has 0 bridgehead atoms. The third kappa shape index (κ3) is 3.03. The van der Waals surface area contributed by atoms with Gasteiger partial charge in [-0.25, -0.2) is 9.18 Å². The van der Waals surface area contributed by atoms with Crippen molar-refractivity contribution in [2.45, 2.75) is 25.1 Å². The molecule has 4 heteroatoms. The standard InChI is InChI=1S/C13H15FO3/c14-11-6-9(7-12(11)15)8-17-13(16)10-4-2-1-3-5-10/h1-5,9,11-12,15H,6-8H2/t9-,11-,12-/m1/s1. The maximum atomic E-state index is 13.0. The summed E-state index contributed by atoms with van der Waals surface area (Å²) >= 11 is 0. The number of ether oxygens (including phenoxy) is 1. The maximum absolute atomic E-state index is 13.0. The molecule has 1 saturated carbocycles. The van der Waals surface area contributed by atoms with Gasteiger partial charge in [-0.3, -0.25) is 0 Å². The minimum atomic E-state index is -1.18. The molecule has 92 valence electrons. The molecule has 3 atom stereocenters. The second kappa shape index (κ2) is 5.27. The molecular formula is C13H15FO3. The Kier molecular flexibility index (Phi) is 3.74. The lowest BCUT2D eigenvalue weighted by molar-refractivity contribution is 0.0431. The lowest BCUT2D eigenvalue weighted by Crippen LogP contribution is -2.13. The molecule has 1 aliphatic rings. The molecule has 0 radical (unpaired) electrons. The number of alkyl halides is 1. The average molecular weight is 238 g/mol. The van der Waals surface area contributed by atoms with Crippen molar-refractivity contribution in [2.24, 2.45) is 5.92 Å². The molecule has 0 aromatic heterocycles. The van der Waals surface area contributed by atoms with E-state index in [2.05, 4.69) is 0 Å². The quantitative estimate of drug-likeness (QED) is 0.819. The molecule has 3 nitrogen and oxygen atoms in total. The van der Waals surface area contributed by atoms with Gasteiger partial charge >= 0.3 is 5.97 Å². The van der Waals surface area contributed by atoms with Crippen molar-refractivity contribution in [3.05, 3.63) is 35.9 Å². The van der Waals surface area contributed by atoms with Crippen LogP contribution in [0.5, 0.6) is 0 Å². The summed E-state index contributed by atoms with van der Waals surface area (Å²) < 4.78 is 18.1. The van der Waals surface area contributed by atoms with Crippen LogP contribution in [0.4, 0.5) is 4.39 Å². The van der Waals surface area contributed by atoms with Crippen molar-refractivity contribution in [3.63, 3.8) is 0 Å². The molecule has 1 N–H and O–H groups in total. The van der Waals surface area contributed by atoms with Gasteiger partial charge in [0.05, 0.1) is 18.3 Å². The second-order valence-electron chi connectivity index (χ2n) is 4.39. The average Bonchev–Trinajstić information content (AvgIpc) is 2.67. The summed E-state index contributed by atoms with van der Waals surface area (Å²) in [7, 11) is 0. The summed E-state index contributed by atoms with van der Waals surface area (Å²) in [6.45, 7) is 0.172. The molecule has 0 spiro atoms. The number of benzene rings is 1. The normalized spacial score (nSPS) is 28.0. The Hall–Kier alpha value is -1.42. The predicted molar refractivity (Wildman–Crippen MR) is 60.4 cm³/mol. The van der Waals surface area contributed by atoms with Crippen LogP contribution in [0.3, 0.4) is 0 Å². The van der Waals surface area contributed by atoms with E-state index in [0.29, 0.717) is 12.0 Å². The zero-order chi connectivity index (χ0) is 12.3. The van der Waals surface area contributed by atoms with E-state index in [4.69, 9.17) is 4.74 Å². The van der Waals surface area contributed by atoms with Gasteiger partial charge < -0.3 is 9.84 Å². The number of rotatable bonds is 3. The number of esters is 1. The number of aliphatic hydroxyl groups is 1. The van der Waals surface area contributed by atoms with Crippen LogP contribution in [-0.2, 0) is 4.74 Å². The van der Waals surface area contributed by atoms with Gasteiger partial charge in [0, 0.05) is 0 Å². The third-order valence-corrected chi connectivity index (χ3v) is 3.01. The minimum Gasteiger partial charge on any atom is -0.462 e. The van der Waals surface area contributed by atoms with E-state index in [9.17, 15) is 14.3 Å². The first kappa shape index (κ1) is 12.0. The molecule has 0 unspecified atom stereocenters. The van der Waals surface area contributed by atoms with Crippen LogP contribution < -0.4 is 0 Å². The Bertz CT molecular complexity index is 370. The van der Waals surface area contributed by atoms with Crippen molar-refractivity contribution in [2.75, 3.05) is 6.61 Å². The number of aliphatic hydroxyl groups excluding tert-OH is 1. The van der Waals surface area contributed by atoms with E-state index < -0.39 is 18.2 Å². The maximum Gasteiger partial charge on any atom is 0.338 e. The largest absolute Gasteiger partial charge is 0.462 e. The summed E-state index contributed by atoms with van der Waals surface area (Å²) in [6.07, 6.45) is -1.46. The Morgan fingerprint density at radius 3 is 2.65 bits per heavy atom. The fourth-order valence-corrected chi connectivity index (χ4v) is 2.05. The van der Waals surface area contributed by atoms with Crippen molar-refractivity contribution in [3.8, 4) is 0 Å². The number of hydrogen-bond acceptors (Lipinski definition) is 3. The lowest BCUT2D eigenvalue weighted by atomic mass is 10.1. The van der Waals surface area contributed by atoms with E-state index in [1.54, 1.807) is 24.3 Å². The van der Waals surface area contributed by atoms with E-state index >= 15 is 0 Å². The fraction of sp³-hybridized carbons (Fsp3) is 0.462. The molecule has 1 aliphatic carbocycles. The van der Waals surface area contributed by atoms with Gasteiger partial charge in [-0.05, 0) is 30.9 Å². The summed E-state index contributed by atoms with van der Waals surface area (Å²) in [5.41, 5.74) is 0.489. The zero-order valence-electron chi connectivity index (χ0n) is 9.38. The van der Waals surface area contributed by atoms with Gasteiger partial charge in [0.15, 0.2) is 0 Å². The first-order chi connectivity index (χ1) is 8.16. The van der Waals surface area contributed by atoms with Gasteiger partial charge in [-0.1, -0.05) is 18.2 Å². The smallest absolute Gasteiger partial charge is 0.338 e. The second-order valence-corrected chi connectivity index (χ2v) is 4.39. The van der Waals surface area contributed by atoms with E-state index in [1.807, 2.05) is 6.07 Å². The monoisotopic (exact) mass is 238 g/mol. The van der Waals surface area contributed by atoms with Gasteiger partial charge in [0.25, 0.3) is 0 Å². The Morgan fingerprint density at radius 1 is 1.35 bits per heavy atom. The number of halogens is 1. The van der Waals surface area contributed by atoms with Crippen LogP contribution in [0.2, 0.25) is 0 Å². The van der Waals surface area contributed by atoms with Gasteiger partial charge in [0.2, 0.25) is 0 Å². The Labute approximate surface area is 99.2 Å². The highest BCUT2D eigenvalue weighted by Crippen LogP contribution is 2.28. The molecule has 1 aromatic rings. The minimum absolute atomic E-state index is 0.0762. The molecular weight excluding hydrogens is 223 g/mol. The van der Waals surface area contributed by atoms with Crippen LogP contribution in [0.1, 0.15) is 23.2 Å². The highest BCUT2D eigenvalue weighted by molar-refractivity contribution is 5.89. The molecule has 0 amide bonds. The first-order valence-electron chi connectivity index (χ1n) is 5.71. The molecule has 17 heavy (non-hydrogen) atoms. The zero-order valence-corrected chi connectivity index (χ0v) is 9.38. The summed E-state index contributed by atoms with van der Waals surface area (Å²) in [4.78, 5) is 11.6. The highest BCUT2D eigenvalue weighted by atomic mass is 19.1. The van der Waals surface area contributed by atoms with Gasteiger partial charge in [-0.2, -0.15) is 0 Å². The Balaban J connectivity index is 1.81. The highest BCUT2D eigenvalue weighted by Gasteiger charge is 2.33. The summed E-state index contributed by atoms with van der Waals surface area (Å²) in [6, 6.07) is 8.67. The SMILES string of the molecule is O=C(OC[C@H]1C[C@@H](O)[C@H](F)C1)c1ccccc1. The van der Waals surface area contributed by atoms with Crippen LogP contribution in [-0.4, -0.2) is 30.0 Å². The van der Waals surface area contributed by atoms with Crippen molar-refractivity contribution >= 4 is 5.97 Å². The van der Waals surface area contributed by atoms with Crippen LogP contribution in [0.15, 0.2) is 30.3 Å². The number of carbonyl (C=O) groups is 1. The molecule has 0 aliphatic heterocycles. The van der Waals surface area contributed by atoms with Gasteiger partial charge in [-0.15, -0.1) is 0 Å². The lowest BCUT2D eigenvalue weighted by Gasteiger charge is -2.09. The molecule has 1 fully saturated rings. The third-order valence-electron chi connectivity index (χ3n) is 3.01. The van der Waals surface area contributed by atoms with E-state index in [0.717, 1.165) is 0 Å². The van der Waals surface area contributed by atoms with E-state index in [-0.39, 0.29) is 18.9 Å². The first-order valence-corrected chi connectivity index (χ1v) is 5.71. The molecule has 1 aromatic carbocycles. The molecule has 0 heterocycles. The van der Waals surface area contributed by atoms with Crippen molar-refractivity contribution < 1.29 is 19.0 Å². The number of hydrogen-bond donors (Lipinski definition) is 1. The number of carbonyl (C=O) groups excluding carboxylic acids is 1. The van der Waals surface area contributed by atoms with Crippen LogP contribution in [0.25, 0.3) is 0 Å².